The molecule has 0 bridgehead atoms. The molecule has 0 aliphatic carbocycles. The Kier molecular flexibility index (Phi) is 2.76. The summed E-state index contributed by atoms with van der Waals surface area (Å²) in [6.07, 6.45) is 3.38. The molecule has 78 valence electrons. The maximum atomic E-state index is 11.6. The molecule has 1 heterocycles. The average Bonchev–Trinajstić information content (AvgIpc) is 2.94. The summed E-state index contributed by atoms with van der Waals surface area (Å²) in [7, 11) is 0. The van der Waals surface area contributed by atoms with Crippen LogP contribution in [0.15, 0.2) is 34.8 Å². The van der Waals surface area contributed by atoms with E-state index in [1.54, 1.807) is 19.1 Å². The Morgan fingerprint density at radius 2 is 2.33 bits per heavy atom. The first-order valence-electron chi connectivity index (χ1n) is 4.72. The first-order chi connectivity index (χ1) is 7.10. The van der Waals surface area contributed by atoms with Crippen LogP contribution in [-0.2, 0) is 9.53 Å². The van der Waals surface area contributed by atoms with Gasteiger partial charge in [-0.2, -0.15) is 0 Å². The standard InChI is InChI=1S/C12H11BrO2/c1-12(8-15-12)11(14)6-5-9-3-2-4-10(13)7-9/h2-7H,8H2,1H3/b6-5+. The number of benzene rings is 1. The predicted octanol–water partition coefficient (Wildman–Crippen LogP) is 2.82. The lowest BCUT2D eigenvalue weighted by Gasteiger charge is -1.98. The third-order valence-electron chi connectivity index (χ3n) is 2.37. The molecule has 1 aliphatic rings. The normalized spacial score (nSPS) is 24.4. The molecular weight excluding hydrogens is 256 g/mol. The van der Waals surface area contributed by atoms with Crippen LogP contribution in [0.5, 0.6) is 0 Å². The second-order valence-electron chi connectivity index (χ2n) is 3.77. The second kappa shape index (κ2) is 3.91. The summed E-state index contributed by atoms with van der Waals surface area (Å²) in [6.45, 7) is 2.34. The van der Waals surface area contributed by atoms with Crippen molar-refractivity contribution in [2.75, 3.05) is 6.61 Å². The lowest BCUT2D eigenvalue weighted by molar-refractivity contribution is -0.118. The number of halogens is 1. The van der Waals surface area contributed by atoms with Crippen LogP contribution in [0.25, 0.3) is 6.08 Å². The zero-order valence-electron chi connectivity index (χ0n) is 8.37. The fourth-order valence-electron chi connectivity index (χ4n) is 1.21. The van der Waals surface area contributed by atoms with Gasteiger partial charge >= 0.3 is 0 Å². The minimum Gasteiger partial charge on any atom is -0.361 e. The number of hydrogen-bond donors (Lipinski definition) is 0. The summed E-state index contributed by atoms with van der Waals surface area (Å²) < 4.78 is 6.07. The molecule has 0 N–H and O–H groups in total. The van der Waals surface area contributed by atoms with Gasteiger partial charge in [0.1, 0.15) is 0 Å². The van der Waals surface area contributed by atoms with Crippen LogP contribution in [0.3, 0.4) is 0 Å². The van der Waals surface area contributed by atoms with E-state index in [9.17, 15) is 4.79 Å². The highest BCUT2D eigenvalue weighted by molar-refractivity contribution is 9.10. The summed E-state index contributed by atoms with van der Waals surface area (Å²) in [5.41, 5.74) is 0.449. The molecule has 3 heteroatoms. The van der Waals surface area contributed by atoms with Crippen LogP contribution in [-0.4, -0.2) is 18.0 Å². The Balaban J connectivity index is 2.08. The number of hydrogen-bond acceptors (Lipinski definition) is 2. The van der Waals surface area contributed by atoms with Gasteiger partial charge in [0.05, 0.1) is 6.61 Å². The largest absolute Gasteiger partial charge is 0.361 e. The fourth-order valence-corrected chi connectivity index (χ4v) is 1.63. The lowest BCUT2D eigenvalue weighted by atomic mass is 10.1. The van der Waals surface area contributed by atoms with Crippen LogP contribution in [0.2, 0.25) is 0 Å². The molecule has 0 amide bonds. The minimum absolute atomic E-state index is 0.0301. The van der Waals surface area contributed by atoms with Crippen molar-refractivity contribution in [3.05, 3.63) is 40.4 Å². The molecule has 0 radical (unpaired) electrons. The van der Waals surface area contributed by atoms with E-state index in [1.165, 1.54) is 0 Å². The Hall–Kier alpha value is -0.930. The van der Waals surface area contributed by atoms with E-state index in [0.717, 1.165) is 10.0 Å². The number of ether oxygens (including phenoxy) is 1. The van der Waals surface area contributed by atoms with E-state index in [-0.39, 0.29) is 5.78 Å². The molecule has 1 fully saturated rings. The molecule has 1 aliphatic heterocycles. The lowest BCUT2D eigenvalue weighted by Crippen LogP contribution is -2.17. The molecular formula is C12H11BrO2. The number of carbonyl (C=O) groups excluding carboxylic acids is 1. The van der Waals surface area contributed by atoms with Gasteiger partial charge in [0.25, 0.3) is 0 Å². The van der Waals surface area contributed by atoms with Crippen molar-refractivity contribution >= 4 is 27.8 Å². The second-order valence-corrected chi connectivity index (χ2v) is 4.69. The van der Waals surface area contributed by atoms with Crippen molar-refractivity contribution < 1.29 is 9.53 Å². The van der Waals surface area contributed by atoms with Gasteiger partial charge in [-0.05, 0) is 30.7 Å². The minimum atomic E-state index is -0.553. The zero-order chi connectivity index (χ0) is 10.9. The summed E-state index contributed by atoms with van der Waals surface area (Å²) >= 11 is 3.38. The van der Waals surface area contributed by atoms with Gasteiger partial charge in [-0.3, -0.25) is 4.79 Å². The molecule has 0 aromatic heterocycles. The molecule has 1 unspecified atom stereocenters. The molecule has 1 saturated heterocycles. The van der Waals surface area contributed by atoms with E-state index in [4.69, 9.17) is 4.74 Å². The molecule has 15 heavy (non-hydrogen) atoms. The quantitative estimate of drug-likeness (QED) is 0.622. The van der Waals surface area contributed by atoms with Gasteiger partial charge in [-0.1, -0.05) is 34.1 Å². The topological polar surface area (TPSA) is 29.6 Å². The van der Waals surface area contributed by atoms with Crippen molar-refractivity contribution in [1.29, 1.82) is 0 Å². The zero-order valence-corrected chi connectivity index (χ0v) is 9.95. The van der Waals surface area contributed by atoms with Crippen LogP contribution in [0.1, 0.15) is 12.5 Å². The third kappa shape index (κ3) is 2.55. The highest BCUT2D eigenvalue weighted by Crippen LogP contribution is 2.27. The number of epoxide rings is 1. The van der Waals surface area contributed by atoms with Crippen LogP contribution < -0.4 is 0 Å². The number of ketones is 1. The monoisotopic (exact) mass is 266 g/mol. The molecule has 2 nitrogen and oxygen atoms in total. The Morgan fingerprint density at radius 1 is 1.60 bits per heavy atom. The Morgan fingerprint density at radius 3 is 2.93 bits per heavy atom. The summed E-state index contributed by atoms with van der Waals surface area (Å²) in [5, 5.41) is 0. The van der Waals surface area contributed by atoms with Crippen molar-refractivity contribution in [3.63, 3.8) is 0 Å². The van der Waals surface area contributed by atoms with Gasteiger partial charge in [0, 0.05) is 4.47 Å². The van der Waals surface area contributed by atoms with Gasteiger partial charge in [0.15, 0.2) is 11.4 Å². The third-order valence-corrected chi connectivity index (χ3v) is 2.87. The van der Waals surface area contributed by atoms with Crippen molar-refractivity contribution in [1.82, 2.24) is 0 Å². The van der Waals surface area contributed by atoms with Crippen molar-refractivity contribution in [2.45, 2.75) is 12.5 Å². The smallest absolute Gasteiger partial charge is 0.189 e. The highest BCUT2D eigenvalue weighted by atomic mass is 79.9. The van der Waals surface area contributed by atoms with E-state index in [0.29, 0.717) is 6.61 Å². The predicted molar refractivity (Wildman–Crippen MR) is 62.5 cm³/mol. The molecule has 2 rings (SSSR count). The maximum Gasteiger partial charge on any atom is 0.189 e. The van der Waals surface area contributed by atoms with Crippen LogP contribution in [0, 0.1) is 0 Å². The molecule has 0 spiro atoms. The summed E-state index contributed by atoms with van der Waals surface area (Å²) in [4.78, 5) is 11.6. The van der Waals surface area contributed by atoms with Crippen LogP contribution >= 0.6 is 15.9 Å². The Bertz CT molecular complexity index is 419. The van der Waals surface area contributed by atoms with Crippen molar-refractivity contribution in [2.24, 2.45) is 0 Å². The van der Waals surface area contributed by atoms with Gasteiger partial charge < -0.3 is 4.74 Å². The number of rotatable bonds is 3. The average molecular weight is 267 g/mol. The van der Waals surface area contributed by atoms with Crippen LogP contribution in [0.4, 0.5) is 0 Å². The van der Waals surface area contributed by atoms with Gasteiger partial charge in [-0.25, -0.2) is 0 Å². The molecule has 1 aromatic rings. The first kappa shape index (κ1) is 10.6. The SMILES string of the molecule is CC1(C(=O)/C=C/c2cccc(Br)c2)CO1. The van der Waals surface area contributed by atoms with Crippen molar-refractivity contribution in [3.8, 4) is 0 Å². The molecule has 0 saturated carbocycles. The molecule has 1 atom stereocenters. The van der Waals surface area contributed by atoms with Gasteiger partial charge in [0.2, 0.25) is 0 Å². The first-order valence-corrected chi connectivity index (χ1v) is 5.51. The highest BCUT2D eigenvalue weighted by Gasteiger charge is 2.45. The fraction of sp³-hybridized carbons (Fsp3) is 0.250. The Labute approximate surface area is 97.1 Å². The summed E-state index contributed by atoms with van der Waals surface area (Å²) in [6, 6.07) is 7.79. The maximum absolute atomic E-state index is 11.6. The number of carbonyl (C=O) groups is 1. The summed E-state index contributed by atoms with van der Waals surface area (Å²) in [5.74, 6) is 0.0301. The van der Waals surface area contributed by atoms with E-state index in [1.807, 2.05) is 24.3 Å². The van der Waals surface area contributed by atoms with E-state index in [2.05, 4.69) is 15.9 Å². The van der Waals surface area contributed by atoms with E-state index >= 15 is 0 Å². The molecule has 1 aromatic carbocycles. The van der Waals surface area contributed by atoms with E-state index < -0.39 is 5.60 Å². The van der Waals surface area contributed by atoms with Gasteiger partial charge in [-0.15, -0.1) is 0 Å².